The maximum atomic E-state index is 13.3. The highest BCUT2D eigenvalue weighted by atomic mass is 19.1. The minimum Gasteiger partial charge on any atom is -0.378 e. The Hall–Kier alpha value is -4.72. The van der Waals surface area contributed by atoms with Crippen molar-refractivity contribution in [1.82, 2.24) is 25.3 Å². The lowest BCUT2D eigenvalue weighted by Crippen LogP contribution is -2.27. The van der Waals surface area contributed by atoms with Crippen LogP contribution >= 0.6 is 0 Å². The van der Waals surface area contributed by atoms with E-state index in [9.17, 15) is 9.18 Å². The standard InChI is InChI=1S/C29H34FN9O3/c30-24-6-4-21(5-7-24)19-34-27-37-28(35-20-22-8-11-32-12-9-22)39-29(38-27)36-25-3-1-2-23(18-25)26(40)33-13-15-42-17-16-41-14-10-31/h1-9,11-12,18H,10,13-17,19-20,31H2,(H,33,40)(H3,34,35,36,37,38,39). The van der Waals surface area contributed by atoms with Gasteiger partial charge in [0, 0.05) is 49.8 Å². The average Bonchev–Trinajstić information content (AvgIpc) is 3.01. The molecule has 6 N–H and O–H groups in total. The number of carbonyl (C=O) groups excluding carboxylic acids is 1. The Balaban J connectivity index is 1.39. The van der Waals surface area contributed by atoms with Crippen LogP contribution in [0.25, 0.3) is 0 Å². The first-order valence-corrected chi connectivity index (χ1v) is 13.5. The first-order valence-electron chi connectivity index (χ1n) is 13.5. The highest BCUT2D eigenvalue weighted by molar-refractivity contribution is 5.95. The number of hydrogen-bond donors (Lipinski definition) is 5. The summed E-state index contributed by atoms with van der Waals surface area (Å²) in [5.74, 6) is 0.385. The van der Waals surface area contributed by atoms with Gasteiger partial charge < -0.3 is 36.5 Å². The van der Waals surface area contributed by atoms with Gasteiger partial charge in [0.05, 0.1) is 26.4 Å². The van der Waals surface area contributed by atoms with Crippen LogP contribution in [0.1, 0.15) is 21.5 Å². The van der Waals surface area contributed by atoms with E-state index in [4.69, 9.17) is 15.2 Å². The molecule has 4 aromatic rings. The second kappa shape index (κ2) is 16.5. The fourth-order valence-corrected chi connectivity index (χ4v) is 3.67. The zero-order valence-corrected chi connectivity index (χ0v) is 23.1. The van der Waals surface area contributed by atoms with Gasteiger partial charge in [0.15, 0.2) is 0 Å². The molecule has 220 valence electrons. The third-order valence-electron chi connectivity index (χ3n) is 5.75. The molecule has 0 aliphatic rings. The SMILES string of the molecule is NCCOCCOCCNC(=O)c1cccc(Nc2nc(NCc3ccncc3)nc(NCc3ccc(F)cc3)n2)c1. The molecular formula is C29H34FN9O3. The van der Waals surface area contributed by atoms with Gasteiger partial charge in [0.1, 0.15) is 5.82 Å². The Kier molecular flexibility index (Phi) is 11.9. The molecule has 0 spiro atoms. The maximum Gasteiger partial charge on any atom is 0.251 e. The summed E-state index contributed by atoms with van der Waals surface area (Å²) in [5.41, 5.74) is 8.32. The number of amides is 1. The molecule has 0 radical (unpaired) electrons. The number of hydrogen-bond acceptors (Lipinski definition) is 11. The van der Waals surface area contributed by atoms with Crippen LogP contribution in [0.2, 0.25) is 0 Å². The van der Waals surface area contributed by atoms with Crippen molar-refractivity contribution in [3.63, 3.8) is 0 Å². The molecular weight excluding hydrogens is 541 g/mol. The van der Waals surface area contributed by atoms with E-state index in [-0.39, 0.29) is 17.7 Å². The van der Waals surface area contributed by atoms with Crippen molar-refractivity contribution in [2.24, 2.45) is 5.73 Å². The van der Waals surface area contributed by atoms with Crippen molar-refractivity contribution in [2.45, 2.75) is 13.1 Å². The van der Waals surface area contributed by atoms with Crippen molar-refractivity contribution in [3.8, 4) is 0 Å². The highest BCUT2D eigenvalue weighted by Gasteiger charge is 2.10. The van der Waals surface area contributed by atoms with Crippen LogP contribution in [0.15, 0.2) is 73.1 Å². The average molecular weight is 576 g/mol. The Labute approximate surface area is 243 Å². The maximum absolute atomic E-state index is 13.3. The molecule has 0 aliphatic heterocycles. The summed E-state index contributed by atoms with van der Waals surface area (Å²) >= 11 is 0. The Morgan fingerprint density at radius 2 is 1.43 bits per heavy atom. The quantitative estimate of drug-likeness (QED) is 0.118. The lowest BCUT2D eigenvalue weighted by molar-refractivity contribution is 0.0511. The number of ether oxygens (including phenoxy) is 2. The summed E-state index contributed by atoms with van der Waals surface area (Å²) in [4.78, 5) is 30.2. The van der Waals surface area contributed by atoms with Gasteiger partial charge >= 0.3 is 0 Å². The molecule has 0 bridgehead atoms. The van der Waals surface area contributed by atoms with Crippen LogP contribution in [0.5, 0.6) is 0 Å². The molecule has 1 amide bonds. The lowest BCUT2D eigenvalue weighted by Gasteiger charge is -2.12. The number of nitrogens with two attached hydrogens (primary N) is 1. The van der Waals surface area contributed by atoms with E-state index in [0.717, 1.165) is 11.1 Å². The monoisotopic (exact) mass is 575 g/mol. The normalized spacial score (nSPS) is 10.7. The van der Waals surface area contributed by atoms with E-state index in [1.54, 1.807) is 48.8 Å². The summed E-state index contributed by atoms with van der Waals surface area (Å²) < 4.78 is 24.0. The summed E-state index contributed by atoms with van der Waals surface area (Å²) in [5, 5.41) is 12.4. The first kappa shape index (κ1) is 30.2. The van der Waals surface area contributed by atoms with Gasteiger partial charge in [-0.2, -0.15) is 15.0 Å². The third-order valence-corrected chi connectivity index (χ3v) is 5.75. The number of pyridine rings is 1. The molecule has 0 saturated heterocycles. The number of halogens is 1. The van der Waals surface area contributed by atoms with E-state index < -0.39 is 0 Å². The molecule has 12 nitrogen and oxygen atoms in total. The lowest BCUT2D eigenvalue weighted by atomic mass is 10.2. The van der Waals surface area contributed by atoms with Crippen molar-refractivity contribution < 1.29 is 18.7 Å². The van der Waals surface area contributed by atoms with Crippen molar-refractivity contribution in [1.29, 1.82) is 0 Å². The number of rotatable bonds is 17. The van der Waals surface area contributed by atoms with Gasteiger partial charge in [0.25, 0.3) is 5.91 Å². The molecule has 2 aromatic carbocycles. The Bertz CT molecular complexity index is 1400. The van der Waals surface area contributed by atoms with Crippen LogP contribution in [0.3, 0.4) is 0 Å². The summed E-state index contributed by atoms with van der Waals surface area (Å²) in [6.07, 6.45) is 3.42. The topological polar surface area (TPSA) is 161 Å². The molecule has 0 unspecified atom stereocenters. The summed E-state index contributed by atoms with van der Waals surface area (Å²) in [6.45, 7) is 3.43. The van der Waals surface area contributed by atoms with Gasteiger partial charge in [-0.1, -0.05) is 18.2 Å². The smallest absolute Gasteiger partial charge is 0.251 e. The minimum atomic E-state index is -0.304. The van der Waals surface area contributed by atoms with E-state index in [0.29, 0.717) is 75.8 Å². The predicted molar refractivity (Wildman–Crippen MR) is 158 cm³/mol. The minimum absolute atomic E-state index is 0.237. The Morgan fingerprint density at radius 3 is 2.12 bits per heavy atom. The van der Waals surface area contributed by atoms with Gasteiger partial charge in [0.2, 0.25) is 17.8 Å². The molecule has 0 fully saturated rings. The zero-order valence-electron chi connectivity index (χ0n) is 23.1. The van der Waals surface area contributed by atoms with E-state index in [2.05, 4.69) is 41.2 Å². The largest absolute Gasteiger partial charge is 0.378 e. The van der Waals surface area contributed by atoms with Crippen molar-refractivity contribution in [2.75, 3.05) is 55.5 Å². The number of nitrogens with zero attached hydrogens (tertiary/aromatic N) is 4. The van der Waals surface area contributed by atoms with Crippen LogP contribution in [-0.2, 0) is 22.6 Å². The molecule has 0 aliphatic carbocycles. The van der Waals surface area contributed by atoms with Gasteiger partial charge in [-0.25, -0.2) is 4.39 Å². The Morgan fingerprint density at radius 1 is 0.786 bits per heavy atom. The van der Waals surface area contributed by atoms with Gasteiger partial charge in [-0.3, -0.25) is 9.78 Å². The number of nitrogens with one attached hydrogen (secondary N) is 4. The third kappa shape index (κ3) is 10.4. The summed E-state index contributed by atoms with van der Waals surface area (Å²) in [7, 11) is 0. The molecule has 0 saturated carbocycles. The molecule has 2 heterocycles. The van der Waals surface area contributed by atoms with Crippen LogP contribution in [0, 0.1) is 5.82 Å². The number of benzene rings is 2. The molecule has 0 atom stereocenters. The van der Waals surface area contributed by atoms with Gasteiger partial charge in [-0.15, -0.1) is 0 Å². The number of aromatic nitrogens is 4. The second-order valence-electron chi connectivity index (χ2n) is 8.97. The fourth-order valence-electron chi connectivity index (χ4n) is 3.67. The van der Waals surface area contributed by atoms with Crippen molar-refractivity contribution in [3.05, 3.63) is 95.6 Å². The van der Waals surface area contributed by atoms with E-state index >= 15 is 0 Å². The van der Waals surface area contributed by atoms with Crippen LogP contribution in [-0.4, -0.2) is 65.4 Å². The second-order valence-corrected chi connectivity index (χ2v) is 8.97. The number of carbonyl (C=O) groups is 1. The molecule has 4 rings (SSSR count). The predicted octanol–water partition coefficient (Wildman–Crippen LogP) is 3.10. The van der Waals surface area contributed by atoms with Crippen LogP contribution < -0.4 is 27.0 Å². The zero-order chi connectivity index (χ0) is 29.4. The molecule has 13 heteroatoms. The highest BCUT2D eigenvalue weighted by Crippen LogP contribution is 2.18. The first-order chi connectivity index (χ1) is 20.6. The molecule has 42 heavy (non-hydrogen) atoms. The molecule has 2 aromatic heterocycles. The summed E-state index contributed by atoms with van der Waals surface area (Å²) in [6, 6.07) is 16.9. The van der Waals surface area contributed by atoms with E-state index in [1.165, 1.54) is 12.1 Å². The van der Waals surface area contributed by atoms with Crippen molar-refractivity contribution >= 4 is 29.4 Å². The van der Waals surface area contributed by atoms with E-state index in [1.807, 2.05) is 12.1 Å². The van der Waals surface area contributed by atoms with Crippen LogP contribution in [0.4, 0.5) is 27.9 Å². The fraction of sp³-hybridized carbons (Fsp3) is 0.276. The van der Waals surface area contributed by atoms with Gasteiger partial charge in [-0.05, 0) is 53.6 Å². The number of anilines is 4.